The second-order valence-electron chi connectivity index (χ2n) is 11.2. The van der Waals surface area contributed by atoms with Gasteiger partial charge in [-0.25, -0.2) is 0 Å². The summed E-state index contributed by atoms with van der Waals surface area (Å²) in [7, 11) is 0. The van der Waals surface area contributed by atoms with Crippen LogP contribution in [0, 0.1) is 0 Å². The molecule has 2 fully saturated rings. The molecular weight excluding hydrogens is 556 g/mol. The number of rotatable bonds is 13. The Hall–Kier alpha value is -5.12. The number of nitrogens with two attached hydrogens (primary N) is 2. The lowest BCUT2D eigenvalue weighted by Gasteiger charge is -2.05. The molecule has 0 saturated heterocycles. The zero-order chi connectivity index (χ0) is 30.5. The van der Waals surface area contributed by atoms with Crippen LogP contribution >= 0.6 is 0 Å². The van der Waals surface area contributed by atoms with Crippen LogP contribution in [-0.4, -0.2) is 48.7 Å². The molecular formula is C34H36N6O4. The summed E-state index contributed by atoms with van der Waals surface area (Å²) < 4.78 is 11.6. The molecule has 2 aliphatic carbocycles. The lowest BCUT2D eigenvalue weighted by atomic mass is 10.1. The fraction of sp³-hybridized carbons (Fsp3) is 0.294. The van der Waals surface area contributed by atoms with Gasteiger partial charge in [-0.05, 0) is 62.8 Å². The molecule has 2 heterocycles. The quantitative estimate of drug-likeness (QED) is 0.0983. The Morgan fingerprint density at radius 2 is 1.00 bits per heavy atom. The van der Waals surface area contributed by atoms with Crippen molar-refractivity contribution in [2.75, 3.05) is 13.1 Å². The van der Waals surface area contributed by atoms with Crippen molar-refractivity contribution in [2.24, 2.45) is 21.5 Å². The molecule has 6 rings (SSSR count). The van der Waals surface area contributed by atoms with Gasteiger partial charge >= 0.3 is 0 Å². The van der Waals surface area contributed by atoms with E-state index in [1.54, 1.807) is 24.3 Å². The number of benzene rings is 2. The highest BCUT2D eigenvalue weighted by Gasteiger charge is 2.21. The van der Waals surface area contributed by atoms with E-state index in [0.29, 0.717) is 61.2 Å². The average Bonchev–Trinajstić information content (AvgIpc) is 3.93. The van der Waals surface area contributed by atoms with E-state index in [9.17, 15) is 9.59 Å². The largest absolute Gasteiger partial charge is 0.451 e. The summed E-state index contributed by atoms with van der Waals surface area (Å²) in [4.78, 5) is 34.0. The monoisotopic (exact) mass is 592 g/mol. The van der Waals surface area contributed by atoms with Gasteiger partial charge in [-0.1, -0.05) is 48.5 Å². The van der Waals surface area contributed by atoms with E-state index in [0.717, 1.165) is 47.9 Å². The van der Waals surface area contributed by atoms with E-state index in [-0.39, 0.29) is 23.3 Å². The minimum atomic E-state index is -0.285. The summed E-state index contributed by atoms with van der Waals surface area (Å²) in [6.45, 7) is 0.908. The number of hydrogen-bond donors (Lipinski definition) is 4. The minimum Gasteiger partial charge on any atom is -0.451 e. The Morgan fingerprint density at radius 3 is 1.36 bits per heavy atom. The summed E-state index contributed by atoms with van der Waals surface area (Å²) >= 11 is 0. The molecule has 4 aromatic rings. The first-order valence-electron chi connectivity index (χ1n) is 15.1. The number of hydrogen-bond acceptors (Lipinski definition) is 6. The topological polar surface area (TPSA) is 161 Å². The number of carbonyl (C=O) groups excluding carboxylic acids is 2. The third kappa shape index (κ3) is 7.44. The number of amides is 2. The van der Waals surface area contributed by atoms with E-state index in [1.165, 1.54) is 0 Å². The van der Waals surface area contributed by atoms with Gasteiger partial charge in [0, 0.05) is 35.3 Å². The van der Waals surface area contributed by atoms with Crippen LogP contribution in [0.3, 0.4) is 0 Å². The molecule has 2 amide bonds. The first-order chi connectivity index (χ1) is 21.4. The fourth-order valence-electron chi connectivity index (χ4n) is 4.62. The maximum Gasteiger partial charge on any atom is 0.287 e. The molecule has 10 nitrogen and oxygen atoms in total. The van der Waals surface area contributed by atoms with Gasteiger partial charge in [-0.2, -0.15) is 0 Å². The summed E-state index contributed by atoms with van der Waals surface area (Å²) in [5.41, 5.74) is 15.6. The van der Waals surface area contributed by atoms with Crippen molar-refractivity contribution in [3.05, 3.63) is 95.4 Å². The lowest BCUT2D eigenvalue weighted by molar-refractivity contribution is 0.0913. The second kappa shape index (κ2) is 13.0. The Labute approximate surface area is 255 Å². The lowest BCUT2D eigenvalue weighted by Crippen LogP contribution is -2.27. The number of nitrogens with one attached hydrogen (secondary N) is 2. The highest BCUT2D eigenvalue weighted by molar-refractivity contribution is 5.99. The van der Waals surface area contributed by atoms with Crippen LogP contribution in [0.4, 0.5) is 0 Å². The van der Waals surface area contributed by atoms with Crippen molar-refractivity contribution in [3.8, 4) is 22.6 Å². The molecule has 2 saturated carbocycles. The van der Waals surface area contributed by atoms with Crippen molar-refractivity contribution < 1.29 is 18.4 Å². The van der Waals surface area contributed by atoms with Crippen molar-refractivity contribution in [3.63, 3.8) is 0 Å². The number of furan rings is 2. The van der Waals surface area contributed by atoms with Gasteiger partial charge < -0.3 is 30.9 Å². The van der Waals surface area contributed by atoms with Crippen LogP contribution in [0.15, 0.2) is 91.6 Å². The molecule has 0 radical (unpaired) electrons. The number of carbonyl (C=O) groups is 2. The van der Waals surface area contributed by atoms with Gasteiger partial charge in [-0.3, -0.25) is 19.6 Å². The summed E-state index contributed by atoms with van der Waals surface area (Å²) in [5, 5.41) is 5.73. The van der Waals surface area contributed by atoms with E-state index in [1.807, 2.05) is 48.5 Å². The maximum absolute atomic E-state index is 12.6. The maximum atomic E-state index is 12.6. The van der Waals surface area contributed by atoms with Crippen LogP contribution in [0.25, 0.3) is 22.6 Å². The van der Waals surface area contributed by atoms with E-state index in [4.69, 9.17) is 20.3 Å². The van der Waals surface area contributed by atoms with Gasteiger partial charge in [0.25, 0.3) is 11.8 Å². The molecule has 2 aromatic carbocycles. The molecule has 2 aromatic heterocycles. The number of unbranched alkanes of at least 4 members (excludes halogenated alkanes) is 1. The SMILES string of the molecule is NC(=NC1CC1)c1ccc(-c2ccc(C(=O)NCCCCNC(=O)c3ccc(-c4ccc(C(N)=NC5CC5)cc4)o3)o2)cc1. The van der Waals surface area contributed by atoms with Gasteiger partial charge in [0.15, 0.2) is 11.5 Å². The van der Waals surface area contributed by atoms with Crippen molar-refractivity contribution >= 4 is 23.5 Å². The Bertz CT molecular complexity index is 1550. The van der Waals surface area contributed by atoms with Gasteiger partial charge in [0.2, 0.25) is 0 Å². The molecule has 0 aliphatic heterocycles. The van der Waals surface area contributed by atoms with Crippen molar-refractivity contribution in [2.45, 2.75) is 50.6 Å². The van der Waals surface area contributed by atoms with E-state index >= 15 is 0 Å². The zero-order valence-corrected chi connectivity index (χ0v) is 24.4. The Kier molecular flexibility index (Phi) is 8.58. The van der Waals surface area contributed by atoms with Crippen LogP contribution in [0.2, 0.25) is 0 Å². The number of amidine groups is 2. The standard InChI is InChI=1S/C34H36N6O4/c35-31(39-25-11-12-25)23-7-3-21(4-8-23)27-15-17-29(43-27)33(41)37-19-1-2-20-38-34(42)30-18-16-28(44-30)22-5-9-24(10-6-22)32(36)40-26-13-14-26/h3-10,15-18,25-26H,1-2,11-14,19-20H2,(H2,35,39)(H2,36,40)(H,37,41)(H,38,42). The molecule has 6 N–H and O–H groups in total. The highest BCUT2D eigenvalue weighted by Crippen LogP contribution is 2.27. The molecule has 2 aliphatic rings. The van der Waals surface area contributed by atoms with Gasteiger partial charge in [0.1, 0.15) is 23.2 Å². The van der Waals surface area contributed by atoms with Crippen LogP contribution in [0.5, 0.6) is 0 Å². The summed E-state index contributed by atoms with van der Waals surface area (Å²) in [6.07, 6.45) is 5.78. The molecule has 0 spiro atoms. The third-order valence-corrected chi connectivity index (χ3v) is 7.50. The first-order valence-corrected chi connectivity index (χ1v) is 15.1. The number of aliphatic imine (C=N–C) groups is 2. The molecule has 226 valence electrons. The smallest absolute Gasteiger partial charge is 0.287 e. The van der Waals surface area contributed by atoms with Gasteiger partial charge in [-0.15, -0.1) is 0 Å². The number of nitrogens with zero attached hydrogens (tertiary/aromatic N) is 2. The molecule has 0 bridgehead atoms. The predicted molar refractivity (Wildman–Crippen MR) is 170 cm³/mol. The van der Waals surface area contributed by atoms with Crippen LogP contribution in [0.1, 0.15) is 70.8 Å². The molecule has 0 unspecified atom stereocenters. The second-order valence-corrected chi connectivity index (χ2v) is 11.2. The van der Waals surface area contributed by atoms with E-state index in [2.05, 4.69) is 20.6 Å². The zero-order valence-electron chi connectivity index (χ0n) is 24.4. The average molecular weight is 593 g/mol. The summed E-state index contributed by atoms with van der Waals surface area (Å²) in [6, 6.07) is 22.8. The normalized spacial score (nSPS) is 15.3. The highest BCUT2D eigenvalue weighted by atomic mass is 16.4. The first kappa shape index (κ1) is 29.0. The Balaban J connectivity index is 0.903. The van der Waals surface area contributed by atoms with Crippen molar-refractivity contribution in [1.82, 2.24) is 10.6 Å². The predicted octanol–water partition coefficient (Wildman–Crippen LogP) is 4.88. The molecule has 10 heteroatoms. The van der Waals surface area contributed by atoms with Crippen LogP contribution < -0.4 is 22.1 Å². The third-order valence-electron chi connectivity index (χ3n) is 7.50. The van der Waals surface area contributed by atoms with Crippen molar-refractivity contribution in [1.29, 1.82) is 0 Å². The molecule has 0 atom stereocenters. The fourth-order valence-corrected chi connectivity index (χ4v) is 4.62. The van der Waals surface area contributed by atoms with Gasteiger partial charge in [0.05, 0.1) is 12.1 Å². The van der Waals surface area contributed by atoms with E-state index < -0.39 is 0 Å². The molecule has 44 heavy (non-hydrogen) atoms. The van der Waals surface area contributed by atoms with Crippen LogP contribution in [-0.2, 0) is 0 Å². The minimum absolute atomic E-state index is 0.241. The summed E-state index contributed by atoms with van der Waals surface area (Å²) in [5.74, 6) is 2.21. The Morgan fingerprint density at radius 1 is 0.614 bits per heavy atom.